The minimum Gasteiger partial charge on any atom is -0.303 e. The average Bonchev–Trinajstić information content (AvgIpc) is 2.42. The molecule has 0 aromatic rings. The summed E-state index contributed by atoms with van der Waals surface area (Å²) in [4.78, 5) is 17.0. The van der Waals surface area contributed by atoms with E-state index in [2.05, 4.69) is 23.6 Å². The molecule has 0 saturated heterocycles. The topological polar surface area (TPSA) is 66.8 Å². The number of rotatable bonds is 15. The molecule has 0 aliphatic rings. The second-order valence-corrected chi connectivity index (χ2v) is 6.79. The lowest BCUT2D eigenvalue weighted by molar-refractivity contribution is 0.193. The number of hydrogen-bond donors (Lipinski definition) is 2. The average molecular weight is 320 g/mol. The molecule has 21 heavy (non-hydrogen) atoms. The lowest BCUT2D eigenvalue weighted by atomic mass is 10.1. The van der Waals surface area contributed by atoms with Crippen molar-refractivity contribution >= 4 is 7.82 Å². The van der Waals surface area contributed by atoms with E-state index in [4.69, 9.17) is 9.79 Å². The minimum atomic E-state index is -4.26. The van der Waals surface area contributed by atoms with Crippen LogP contribution < -0.4 is 0 Å². The highest BCUT2D eigenvalue weighted by Crippen LogP contribution is 2.35. The maximum atomic E-state index is 10.4. The Kier molecular flexibility index (Phi) is 14.7. The molecule has 0 aromatic carbocycles. The molecule has 0 spiro atoms. The highest BCUT2D eigenvalue weighted by atomic mass is 31.2. The van der Waals surface area contributed by atoms with E-state index in [-0.39, 0.29) is 6.61 Å². The first kappa shape index (κ1) is 20.9. The standard InChI is InChI=1S/C16H33O4P/c1-2-3-4-5-6-7-8-9-10-11-12-13-14-15-16-20-21(17,18)19/h7-8H,2-6,9-16H2,1H3,(H2,17,18,19)/b8-7-. The molecule has 5 heteroatoms. The Morgan fingerprint density at radius 1 is 0.810 bits per heavy atom. The van der Waals surface area contributed by atoms with Gasteiger partial charge in [0.25, 0.3) is 0 Å². The maximum Gasteiger partial charge on any atom is 0.469 e. The number of hydrogen-bond acceptors (Lipinski definition) is 2. The summed E-state index contributed by atoms with van der Waals surface area (Å²) in [5.41, 5.74) is 0. The van der Waals surface area contributed by atoms with Crippen molar-refractivity contribution in [3.63, 3.8) is 0 Å². The van der Waals surface area contributed by atoms with Crippen LogP contribution in [0.5, 0.6) is 0 Å². The van der Waals surface area contributed by atoms with Gasteiger partial charge in [-0.3, -0.25) is 4.52 Å². The van der Waals surface area contributed by atoms with E-state index in [0.29, 0.717) is 0 Å². The first-order valence-electron chi connectivity index (χ1n) is 8.41. The maximum absolute atomic E-state index is 10.4. The van der Waals surface area contributed by atoms with Crippen molar-refractivity contribution in [3.05, 3.63) is 12.2 Å². The molecule has 2 N–H and O–H groups in total. The van der Waals surface area contributed by atoms with Crippen LogP contribution in [-0.4, -0.2) is 16.4 Å². The van der Waals surface area contributed by atoms with E-state index in [1.807, 2.05) is 0 Å². The molecule has 0 heterocycles. The van der Waals surface area contributed by atoms with Crippen LogP contribution in [0.2, 0.25) is 0 Å². The van der Waals surface area contributed by atoms with Gasteiger partial charge in [-0.05, 0) is 32.1 Å². The van der Waals surface area contributed by atoms with E-state index in [9.17, 15) is 4.57 Å². The van der Waals surface area contributed by atoms with Crippen LogP contribution in [0.25, 0.3) is 0 Å². The zero-order valence-corrected chi connectivity index (χ0v) is 14.4. The molecular formula is C16H33O4P. The van der Waals surface area contributed by atoms with Crippen LogP contribution in [0, 0.1) is 0 Å². The smallest absolute Gasteiger partial charge is 0.303 e. The molecule has 0 bridgehead atoms. The quantitative estimate of drug-likeness (QED) is 0.242. The first-order valence-corrected chi connectivity index (χ1v) is 9.94. The first-order chi connectivity index (χ1) is 10.1. The van der Waals surface area contributed by atoms with Crippen molar-refractivity contribution in [3.8, 4) is 0 Å². The van der Waals surface area contributed by atoms with Crippen LogP contribution in [0.1, 0.15) is 84.0 Å². The second-order valence-electron chi connectivity index (χ2n) is 5.55. The summed E-state index contributed by atoms with van der Waals surface area (Å²) in [6.07, 6.45) is 18.8. The third-order valence-electron chi connectivity index (χ3n) is 3.42. The molecule has 0 aliphatic heterocycles. The van der Waals surface area contributed by atoms with Crippen molar-refractivity contribution in [2.24, 2.45) is 0 Å². The highest BCUT2D eigenvalue weighted by molar-refractivity contribution is 7.46. The van der Waals surface area contributed by atoms with E-state index >= 15 is 0 Å². The zero-order chi connectivity index (χ0) is 15.8. The molecule has 0 radical (unpaired) electrons. The van der Waals surface area contributed by atoms with Crippen LogP contribution >= 0.6 is 7.82 Å². The molecule has 0 atom stereocenters. The van der Waals surface area contributed by atoms with E-state index < -0.39 is 7.82 Å². The van der Waals surface area contributed by atoms with Crippen LogP contribution in [0.4, 0.5) is 0 Å². The molecule has 0 fully saturated rings. The van der Waals surface area contributed by atoms with Crippen molar-refractivity contribution in [2.45, 2.75) is 84.0 Å². The molecule has 0 aliphatic carbocycles. The van der Waals surface area contributed by atoms with E-state index in [0.717, 1.165) is 19.3 Å². The van der Waals surface area contributed by atoms with Crippen molar-refractivity contribution < 1.29 is 18.9 Å². The lowest BCUT2D eigenvalue weighted by Crippen LogP contribution is -1.92. The van der Waals surface area contributed by atoms with Crippen molar-refractivity contribution in [1.82, 2.24) is 0 Å². The number of unbranched alkanes of at least 4 members (excludes halogenated alkanes) is 10. The molecule has 0 amide bonds. The predicted octanol–water partition coefficient (Wildman–Crippen LogP) is 5.35. The normalized spacial score (nSPS) is 12.3. The summed E-state index contributed by atoms with van der Waals surface area (Å²) in [6, 6.07) is 0. The monoisotopic (exact) mass is 320 g/mol. The lowest BCUT2D eigenvalue weighted by Gasteiger charge is -2.04. The van der Waals surface area contributed by atoms with Crippen LogP contribution in [0.3, 0.4) is 0 Å². The molecule has 0 aromatic heterocycles. The van der Waals surface area contributed by atoms with E-state index in [1.165, 1.54) is 57.8 Å². The van der Waals surface area contributed by atoms with Gasteiger partial charge in [0.05, 0.1) is 6.61 Å². The zero-order valence-electron chi connectivity index (χ0n) is 13.5. The van der Waals surface area contributed by atoms with Gasteiger partial charge in [0.15, 0.2) is 0 Å². The number of phosphoric acid groups is 1. The summed E-state index contributed by atoms with van der Waals surface area (Å²) in [7, 11) is -4.26. The largest absolute Gasteiger partial charge is 0.469 e. The Morgan fingerprint density at radius 3 is 1.81 bits per heavy atom. The fourth-order valence-corrected chi connectivity index (χ4v) is 2.55. The van der Waals surface area contributed by atoms with Crippen LogP contribution in [-0.2, 0) is 9.09 Å². The van der Waals surface area contributed by atoms with Gasteiger partial charge in [0.2, 0.25) is 0 Å². The van der Waals surface area contributed by atoms with Gasteiger partial charge in [-0.25, -0.2) is 4.57 Å². The third-order valence-corrected chi connectivity index (χ3v) is 3.93. The Bertz CT molecular complexity index is 286. The van der Waals surface area contributed by atoms with E-state index in [1.54, 1.807) is 0 Å². The fourth-order valence-electron chi connectivity index (χ4n) is 2.18. The van der Waals surface area contributed by atoms with Gasteiger partial charge in [-0.1, -0.05) is 64.0 Å². The van der Waals surface area contributed by atoms with Crippen LogP contribution in [0.15, 0.2) is 12.2 Å². The third kappa shape index (κ3) is 19.9. The minimum absolute atomic E-state index is 0.158. The predicted molar refractivity (Wildman–Crippen MR) is 88.2 cm³/mol. The van der Waals surface area contributed by atoms with Gasteiger partial charge in [0, 0.05) is 0 Å². The Labute approximate surface area is 130 Å². The number of phosphoric ester groups is 1. The molecular weight excluding hydrogens is 287 g/mol. The van der Waals surface area contributed by atoms with Gasteiger partial charge in [-0.15, -0.1) is 0 Å². The Morgan fingerprint density at radius 2 is 1.29 bits per heavy atom. The summed E-state index contributed by atoms with van der Waals surface area (Å²) < 4.78 is 14.8. The fraction of sp³-hybridized carbons (Fsp3) is 0.875. The molecule has 126 valence electrons. The van der Waals surface area contributed by atoms with Gasteiger partial charge < -0.3 is 9.79 Å². The Balaban J connectivity index is 3.12. The van der Waals surface area contributed by atoms with Gasteiger partial charge in [0.1, 0.15) is 0 Å². The molecule has 0 saturated carbocycles. The SMILES string of the molecule is CCCCCC/C=C\CCCCCCCCOP(=O)(O)O. The number of allylic oxidation sites excluding steroid dienone is 2. The van der Waals surface area contributed by atoms with Gasteiger partial charge in [-0.2, -0.15) is 0 Å². The molecule has 0 rings (SSSR count). The molecule has 0 unspecified atom stereocenters. The second kappa shape index (κ2) is 14.8. The highest BCUT2D eigenvalue weighted by Gasteiger charge is 2.12. The summed E-state index contributed by atoms with van der Waals surface area (Å²) in [5.74, 6) is 0. The summed E-state index contributed by atoms with van der Waals surface area (Å²) in [5, 5.41) is 0. The Hall–Kier alpha value is -0.150. The van der Waals surface area contributed by atoms with Gasteiger partial charge >= 0.3 is 7.82 Å². The summed E-state index contributed by atoms with van der Waals surface area (Å²) in [6.45, 7) is 2.39. The molecule has 4 nitrogen and oxygen atoms in total. The summed E-state index contributed by atoms with van der Waals surface area (Å²) >= 11 is 0. The van der Waals surface area contributed by atoms with Crippen molar-refractivity contribution in [2.75, 3.05) is 6.61 Å². The van der Waals surface area contributed by atoms with Crippen molar-refractivity contribution in [1.29, 1.82) is 0 Å².